The van der Waals surface area contributed by atoms with E-state index < -0.39 is 28.7 Å². The van der Waals surface area contributed by atoms with Crippen LogP contribution in [0.1, 0.15) is 52.9 Å². The number of unbranched alkanes of at least 4 members (excludes halogenated alkanes) is 2. The number of hydrogen-bond donors (Lipinski definition) is 1. The van der Waals surface area contributed by atoms with Crippen molar-refractivity contribution in [2.45, 2.75) is 79.8 Å². The van der Waals surface area contributed by atoms with Gasteiger partial charge < -0.3 is 19.8 Å². The Balaban J connectivity index is 2.10. The van der Waals surface area contributed by atoms with Gasteiger partial charge in [-0.1, -0.05) is 61.7 Å². The van der Waals surface area contributed by atoms with Gasteiger partial charge in [-0.05, 0) is 25.2 Å². The molecule has 0 aliphatic carbocycles. The van der Waals surface area contributed by atoms with Crippen LogP contribution >= 0.6 is 27.7 Å². The normalized spacial score (nSPS) is 30.9. The number of halogens is 1. The SMILES string of the molecule is C=CCN(C)C(=O)[C@H]1[C@H]2C(=O)N([C@@H](CO)CC(C)C)C(C(=O)N(CC=C)CCCCC)C23CC(Br)[C@@H]1S3. The third kappa shape index (κ3) is 5.55. The van der Waals surface area contributed by atoms with Gasteiger partial charge in [0.2, 0.25) is 17.7 Å². The van der Waals surface area contributed by atoms with Gasteiger partial charge in [-0.2, -0.15) is 0 Å². The molecule has 7 nitrogen and oxygen atoms in total. The fourth-order valence-corrected chi connectivity index (χ4v) is 10.1. The second-order valence-corrected chi connectivity index (χ2v) is 13.9. The molecular weight excluding hydrogens is 554 g/mol. The van der Waals surface area contributed by atoms with E-state index in [0.717, 1.165) is 19.3 Å². The first kappa shape index (κ1) is 30.2. The number of hydrogen-bond acceptors (Lipinski definition) is 5. The average molecular weight is 599 g/mol. The van der Waals surface area contributed by atoms with E-state index in [0.29, 0.717) is 32.5 Å². The number of likely N-dealkylation sites (tertiary alicyclic amines) is 1. The van der Waals surface area contributed by atoms with Gasteiger partial charge in [-0.15, -0.1) is 24.9 Å². The first-order valence-electron chi connectivity index (χ1n) is 13.6. The van der Waals surface area contributed by atoms with Gasteiger partial charge in [0.25, 0.3) is 0 Å². The summed E-state index contributed by atoms with van der Waals surface area (Å²) in [7, 11) is 1.74. The van der Waals surface area contributed by atoms with Gasteiger partial charge in [-0.25, -0.2) is 0 Å². The monoisotopic (exact) mass is 597 g/mol. The first-order chi connectivity index (χ1) is 17.6. The second kappa shape index (κ2) is 12.7. The number of aliphatic hydroxyl groups is 1. The van der Waals surface area contributed by atoms with E-state index in [9.17, 15) is 19.5 Å². The maximum atomic E-state index is 14.4. The molecule has 3 aliphatic rings. The van der Waals surface area contributed by atoms with Crippen LogP contribution in [0.5, 0.6) is 0 Å². The lowest BCUT2D eigenvalue weighted by Crippen LogP contribution is -2.58. The number of likely N-dealkylation sites (N-methyl/N-ethyl adjacent to an activating group) is 1. The van der Waals surface area contributed by atoms with E-state index in [1.54, 1.807) is 40.8 Å². The molecule has 208 valence electrons. The van der Waals surface area contributed by atoms with Gasteiger partial charge in [0.05, 0.1) is 29.2 Å². The third-order valence-electron chi connectivity index (χ3n) is 8.07. The number of nitrogens with zero attached hydrogens (tertiary/aromatic N) is 3. The van der Waals surface area contributed by atoms with Crippen LogP contribution in [0.2, 0.25) is 0 Å². The molecule has 9 heteroatoms. The summed E-state index contributed by atoms with van der Waals surface area (Å²) in [6.45, 7) is 15.1. The third-order valence-corrected chi connectivity index (χ3v) is 11.3. The Morgan fingerprint density at radius 1 is 1.24 bits per heavy atom. The van der Waals surface area contributed by atoms with E-state index in [1.807, 2.05) is 4.90 Å². The molecule has 3 fully saturated rings. The summed E-state index contributed by atoms with van der Waals surface area (Å²) in [6.07, 6.45) is 7.59. The van der Waals surface area contributed by atoms with Crippen LogP contribution < -0.4 is 0 Å². The first-order valence-corrected chi connectivity index (χ1v) is 15.4. The number of fused-ring (bicyclic) bond motifs is 1. The minimum atomic E-state index is -0.722. The lowest BCUT2D eigenvalue weighted by molar-refractivity contribution is -0.147. The highest BCUT2D eigenvalue weighted by atomic mass is 79.9. The van der Waals surface area contributed by atoms with Gasteiger partial charge in [0.15, 0.2) is 0 Å². The van der Waals surface area contributed by atoms with Crippen LogP contribution in [0.3, 0.4) is 0 Å². The molecule has 2 bridgehead atoms. The van der Waals surface area contributed by atoms with Crippen LogP contribution in [0, 0.1) is 17.8 Å². The van der Waals surface area contributed by atoms with Crippen molar-refractivity contribution in [3.63, 3.8) is 0 Å². The van der Waals surface area contributed by atoms with E-state index in [-0.39, 0.29) is 40.3 Å². The summed E-state index contributed by atoms with van der Waals surface area (Å²) in [5, 5.41) is 10.4. The summed E-state index contributed by atoms with van der Waals surface area (Å²) < 4.78 is -0.711. The number of thioether (sulfide) groups is 1. The van der Waals surface area contributed by atoms with E-state index in [4.69, 9.17) is 0 Å². The van der Waals surface area contributed by atoms with Crippen molar-refractivity contribution in [1.82, 2.24) is 14.7 Å². The summed E-state index contributed by atoms with van der Waals surface area (Å²) in [5.41, 5.74) is 0. The number of carbonyl (C=O) groups is 3. The second-order valence-electron chi connectivity index (χ2n) is 11.2. The molecule has 7 atom stereocenters. The zero-order valence-electron chi connectivity index (χ0n) is 22.8. The van der Waals surface area contributed by atoms with Crippen molar-refractivity contribution in [2.75, 3.05) is 33.3 Å². The smallest absolute Gasteiger partial charge is 0.247 e. The molecule has 3 aliphatic heterocycles. The molecule has 3 amide bonds. The minimum Gasteiger partial charge on any atom is -0.394 e. The Hall–Kier alpha value is -1.32. The molecule has 0 aromatic rings. The Kier molecular flexibility index (Phi) is 10.4. The molecule has 3 unspecified atom stereocenters. The molecule has 37 heavy (non-hydrogen) atoms. The number of alkyl halides is 1. The van der Waals surface area contributed by atoms with E-state index >= 15 is 0 Å². The van der Waals surface area contributed by atoms with E-state index in [2.05, 4.69) is 49.9 Å². The number of carbonyl (C=O) groups excluding carboxylic acids is 3. The van der Waals surface area contributed by atoms with Gasteiger partial charge in [0.1, 0.15) is 6.04 Å². The maximum absolute atomic E-state index is 14.4. The van der Waals surface area contributed by atoms with Crippen LogP contribution in [-0.4, -0.2) is 97.7 Å². The Morgan fingerprint density at radius 2 is 1.92 bits per heavy atom. The largest absolute Gasteiger partial charge is 0.394 e. The molecule has 0 aromatic heterocycles. The highest BCUT2D eigenvalue weighted by molar-refractivity contribution is 9.09. The quantitative estimate of drug-likeness (QED) is 0.187. The molecular formula is C28H44BrN3O4S. The summed E-state index contributed by atoms with van der Waals surface area (Å²) in [6, 6.07) is -1.20. The number of amides is 3. The topological polar surface area (TPSA) is 81.2 Å². The van der Waals surface area contributed by atoms with Gasteiger partial charge in [0, 0.05) is 36.8 Å². The highest BCUT2D eigenvalue weighted by Crippen LogP contribution is 2.68. The van der Waals surface area contributed by atoms with Crippen molar-refractivity contribution < 1.29 is 19.5 Å². The van der Waals surface area contributed by atoms with Gasteiger partial charge in [-0.3, -0.25) is 14.4 Å². The van der Waals surface area contributed by atoms with Crippen molar-refractivity contribution >= 4 is 45.4 Å². The average Bonchev–Trinajstić information content (AvgIpc) is 3.44. The fourth-order valence-electron chi connectivity index (χ4n) is 6.55. The molecule has 0 saturated carbocycles. The van der Waals surface area contributed by atoms with Crippen molar-refractivity contribution in [2.24, 2.45) is 17.8 Å². The number of rotatable bonds is 14. The predicted octanol–water partition coefficient (Wildman–Crippen LogP) is 3.71. The maximum Gasteiger partial charge on any atom is 0.247 e. The molecule has 0 radical (unpaired) electrons. The predicted molar refractivity (Wildman–Crippen MR) is 154 cm³/mol. The molecule has 3 saturated heterocycles. The Bertz CT molecular complexity index is 885. The molecule has 3 rings (SSSR count). The highest BCUT2D eigenvalue weighted by Gasteiger charge is 2.76. The van der Waals surface area contributed by atoms with Gasteiger partial charge >= 0.3 is 0 Å². The molecule has 3 heterocycles. The van der Waals surface area contributed by atoms with E-state index in [1.165, 1.54) is 0 Å². The molecule has 1 N–H and O–H groups in total. The van der Waals surface area contributed by atoms with Crippen molar-refractivity contribution in [1.29, 1.82) is 0 Å². The van der Waals surface area contributed by atoms with Crippen LogP contribution in [0.25, 0.3) is 0 Å². The summed E-state index contributed by atoms with van der Waals surface area (Å²) in [4.78, 5) is 47.6. The molecule has 1 spiro atoms. The number of aliphatic hydroxyl groups excluding tert-OH is 1. The van der Waals surface area contributed by atoms with Crippen molar-refractivity contribution in [3.8, 4) is 0 Å². The molecule has 0 aromatic carbocycles. The fraction of sp³-hybridized carbons (Fsp3) is 0.750. The summed E-state index contributed by atoms with van der Waals surface area (Å²) in [5.74, 6) is -1.21. The van der Waals surface area contributed by atoms with Crippen LogP contribution in [-0.2, 0) is 14.4 Å². The standard InChI is InChI=1S/C28H44BrN3O4S/c1-7-10-11-14-31(13-9-3)27(36)24-28-16-20(29)23(37-28)21(25(34)30(6)12-8-2)22(28)26(35)32(24)19(17-33)15-18(4)5/h8-9,18-24,33H,2-3,7,10-17H2,1,4-6H3/t19-,20?,21+,22+,23+,24?,28?/m1/s1. The zero-order chi connectivity index (χ0) is 27.5. The van der Waals surface area contributed by atoms with Crippen LogP contribution in [0.4, 0.5) is 0 Å². The lowest BCUT2D eigenvalue weighted by atomic mass is 9.70. The van der Waals surface area contributed by atoms with Crippen molar-refractivity contribution in [3.05, 3.63) is 25.3 Å². The Labute approximate surface area is 235 Å². The zero-order valence-corrected chi connectivity index (χ0v) is 25.2. The van der Waals surface area contributed by atoms with Crippen LogP contribution in [0.15, 0.2) is 25.3 Å². The summed E-state index contributed by atoms with van der Waals surface area (Å²) >= 11 is 5.47. The lowest BCUT2D eigenvalue weighted by Gasteiger charge is -2.40. The Morgan fingerprint density at radius 3 is 2.49 bits per heavy atom. The minimum absolute atomic E-state index is 0.0218.